The van der Waals surface area contributed by atoms with Crippen molar-refractivity contribution in [1.29, 1.82) is 0 Å². The maximum Gasteiger partial charge on any atom is 0.337 e. The van der Waals surface area contributed by atoms with E-state index in [9.17, 15) is 9.59 Å². The Kier molecular flexibility index (Phi) is 7.51. The third-order valence-electron chi connectivity index (χ3n) is 4.23. The van der Waals surface area contributed by atoms with Gasteiger partial charge in [-0.25, -0.2) is 4.79 Å². The molecule has 0 heterocycles. The third-order valence-corrected chi connectivity index (χ3v) is 4.23. The molecule has 0 fully saturated rings. The number of nitrogens with two attached hydrogens (primary N) is 1. The molecule has 2 rings (SSSR count). The van der Waals surface area contributed by atoms with E-state index in [2.05, 4.69) is 10.3 Å². The van der Waals surface area contributed by atoms with Gasteiger partial charge in [-0.1, -0.05) is 31.2 Å². The van der Waals surface area contributed by atoms with Gasteiger partial charge in [-0.15, -0.1) is 0 Å². The number of aryl methyl sites for hydroxylation is 1. The predicted molar refractivity (Wildman–Crippen MR) is 112 cm³/mol. The first-order valence-corrected chi connectivity index (χ1v) is 9.01. The van der Waals surface area contributed by atoms with Crippen molar-refractivity contribution >= 4 is 28.8 Å². The minimum atomic E-state index is -0.430. The molecule has 3 N–H and O–H groups in total. The Morgan fingerprint density at radius 2 is 1.89 bits per heavy atom. The topological polar surface area (TPSA) is 93.8 Å². The van der Waals surface area contributed by atoms with Gasteiger partial charge in [-0.2, -0.15) is 0 Å². The summed E-state index contributed by atoms with van der Waals surface area (Å²) in [6, 6.07) is 14.6. The van der Waals surface area contributed by atoms with Gasteiger partial charge < -0.3 is 15.8 Å². The van der Waals surface area contributed by atoms with Gasteiger partial charge in [-0.3, -0.25) is 9.79 Å². The molecule has 0 unspecified atom stereocenters. The van der Waals surface area contributed by atoms with Crippen molar-refractivity contribution in [1.82, 2.24) is 0 Å². The van der Waals surface area contributed by atoms with Crippen molar-refractivity contribution in [3.8, 4) is 0 Å². The van der Waals surface area contributed by atoms with E-state index in [1.807, 2.05) is 44.2 Å². The van der Waals surface area contributed by atoms with Gasteiger partial charge >= 0.3 is 5.97 Å². The van der Waals surface area contributed by atoms with Crippen LogP contribution in [0.5, 0.6) is 0 Å². The highest BCUT2D eigenvalue weighted by molar-refractivity contribution is 6.23. The van der Waals surface area contributed by atoms with E-state index in [-0.39, 0.29) is 12.3 Å². The molecule has 0 aliphatic heterocycles. The summed E-state index contributed by atoms with van der Waals surface area (Å²) in [6.07, 6.45) is 1.87. The SMILES string of the molecule is CCC(=Nc1ccccc1)C(=CN)C(=O)CNc1cc(C(=O)OC)ccc1C. The molecule has 0 aromatic heterocycles. The molecule has 0 radical (unpaired) electrons. The molecule has 0 atom stereocenters. The summed E-state index contributed by atoms with van der Waals surface area (Å²) in [7, 11) is 1.33. The average Bonchev–Trinajstić information content (AvgIpc) is 2.73. The summed E-state index contributed by atoms with van der Waals surface area (Å²) in [6.45, 7) is 3.85. The molecule has 2 aromatic rings. The van der Waals surface area contributed by atoms with Crippen LogP contribution in [0.4, 0.5) is 11.4 Å². The van der Waals surface area contributed by atoms with E-state index in [1.54, 1.807) is 18.2 Å². The van der Waals surface area contributed by atoms with Crippen LogP contribution in [-0.2, 0) is 9.53 Å². The second kappa shape index (κ2) is 10.1. The summed E-state index contributed by atoms with van der Waals surface area (Å²) in [5, 5.41) is 3.08. The Hall–Kier alpha value is -3.41. The smallest absolute Gasteiger partial charge is 0.337 e. The van der Waals surface area contributed by atoms with Gasteiger partial charge in [0.05, 0.1) is 36.2 Å². The van der Waals surface area contributed by atoms with Crippen molar-refractivity contribution in [2.45, 2.75) is 20.3 Å². The predicted octanol–water partition coefficient (Wildman–Crippen LogP) is 3.79. The van der Waals surface area contributed by atoms with Crippen LogP contribution in [0.15, 0.2) is 65.3 Å². The lowest BCUT2D eigenvalue weighted by atomic mass is 10.0. The number of carbonyl (C=O) groups excluding carboxylic acids is 2. The van der Waals surface area contributed by atoms with Gasteiger partial charge in [0.25, 0.3) is 0 Å². The Balaban J connectivity index is 2.17. The summed E-state index contributed by atoms with van der Waals surface area (Å²) in [5.41, 5.74) is 9.51. The fraction of sp³-hybridized carbons (Fsp3) is 0.227. The molecule has 0 aliphatic carbocycles. The Labute approximate surface area is 165 Å². The Bertz CT molecular complexity index is 902. The van der Waals surface area contributed by atoms with E-state index in [0.29, 0.717) is 29.0 Å². The van der Waals surface area contributed by atoms with Gasteiger partial charge in [0.15, 0.2) is 5.78 Å². The monoisotopic (exact) mass is 379 g/mol. The lowest BCUT2D eigenvalue weighted by Gasteiger charge is -2.13. The number of methoxy groups -OCH3 is 1. The number of benzene rings is 2. The number of para-hydroxylation sites is 1. The molecule has 6 heteroatoms. The van der Waals surface area contributed by atoms with E-state index in [1.165, 1.54) is 13.3 Å². The van der Waals surface area contributed by atoms with Crippen molar-refractivity contribution < 1.29 is 14.3 Å². The molecule has 0 spiro atoms. The maximum absolute atomic E-state index is 12.7. The van der Waals surface area contributed by atoms with Gasteiger partial charge in [-0.05, 0) is 43.2 Å². The summed E-state index contributed by atoms with van der Waals surface area (Å²) in [5.74, 6) is -0.609. The van der Waals surface area contributed by atoms with E-state index in [4.69, 9.17) is 10.5 Å². The fourth-order valence-electron chi connectivity index (χ4n) is 2.67. The fourth-order valence-corrected chi connectivity index (χ4v) is 2.67. The minimum absolute atomic E-state index is 0.0301. The van der Waals surface area contributed by atoms with E-state index in [0.717, 1.165) is 11.3 Å². The zero-order valence-electron chi connectivity index (χ0n) is 16.4. The molecule has 0 saturated heterocycles. The summed E-state index contributed by atoms with van der Waals surface area (Å²) in [4.78, 5) is 29.0. The van der Waals surface area contributed by atoms with Gasteiger partial charge in [0.2, 0.25) is 0 Å². The number of hydrogen-bond acceptors (Lipinski definition) is 6. The number of nitrogens with one attached hydrogen (secondary N) is 1. The highest BCUT2D eigenvalue weighted by atomic mass is 16.5. The van der Waals surface area contributed by atoms with Crippen molar-refractivity contribution in [2.24, 2.45) is 10.7 Å². The number of ketones is 1. The molecule has 28 heavy (non-hydrogen) atoms. The molecule has 0 amide bonds. The average molecular weight is 379 g/mol. The lowest BCUT2D eigenvalue weighted by Crippen LogP contribution is -2.22. The molecule has 146 valence electrons. The molecule has 0 saturated carbocycles. The Morgan fingerprint density at radius 3 is 2.50 bits per heavy atom. The largest absolute Gasteiger partial charge is 0.465 e. The highest BCUT2D eigenvalue weighted by Crippen LogP contribution is 2.19. The number of carbonyl (C=O) groups is 2. The molecule has 6 nitrogen and oxygen atoms in total. The Morgan fingerprint density at radius 1 is 1.18 bits per heavy atom. The minimum Gasteiger partial charge on any atom is -0.465 e. The molecular formula is C22H25N3O3. The number of ether oxygens (including phenoxy) is 1. The zero-order chi connectivity index (χ0) is 20.5. The van der Waals surface area contributed by atoms with Crippen LogP contribution < -0.4 is 11.1 Å². The molecule has 0 aliphatic rings. The maximum atomic E-state index is 12.7. The van der Waals surface area contributed by atoms with Crippen molar-refractivity contribution in [3.05, 3.63) is 71.4 Å². The van der Waals surface area contributed by atoms with Gasteiger partial charge in [0.1, 0.15) is 0 Å². The van der Waals surface area contributed by atoms with Crippen LogP contribution in [-0.4, -0.2) is 31.1 Å². The van der Waals surface area contributed by atoms with E-state index < -0.39 is 5.97 Å². The van der Waals surface area contributed by atoms with Crippen LogP contribution in [0.25, 0.3) is 0 Å². The number of nitrogens with zero attached hydrogens (tertiary/aromatic N) is 1. The van der Waals surface area contributed by atoms with Crippen molar-refractivity contribution in [3.63, 3.8) is 0 Å². The van der Waals surface area contributed by atoms with E-state index >= 15 is 0 Å². The van der Waals surface area contributed by atoms with Crippen LogP contribution in [0.2, 0.25) is 0 Å². The van der Waals surface area contributed by atoms with Crippen LogP contribution in [0.1, 0.15) is 29.3 Å². The van der Waals surface area contributed by atoms with Crippen LogP contribution in [0, 0.1) is 6.92 Å². The molecule has 0 bridgehead atoms. The molecule has 2 aromatic carbocycles. The first-order chi connectivity index (χ1) is 13.5. The summed E-state index contributed by atoms with van der Waals surface area (Å²) >= 11 is 0. The number of aliphatic imine (C=N–C) groups is 1. The normalized spacial score (nSPS) is 11.8. The second-order valence-corrected chi connectivity index (χ2v) is 6.13. The summed E-state index contributed by atoms with van der Waals surface area (Å²) < 4.78 is 4.74. The number of hydrogen-bond donors (Lipinski definition) is 2. The lowest BCUT2D eigenvalue weighted by molar-refractivity contribution is -0.113. The third kappa shape index (κ3) is 5.30. The quantitative estimate of drug-likeness (QED) is 0.413. The number of anilines is 1. The van der Waals surface area contributed by atoms with Crippen LogP contribution in [0.3, 0.4) is 0 Å². The number of rotatable bonds is 8. The molecular weight excluding hydrogens is 354 g/mol. The highest BCUT2D eigenvalue weighted by Gasteiger charge is 2.16. The van der Waals surface area contributed by atoms with Gasteiger partial charge in [0, 0.05) is 11.9 Å². The first kappa shape index (κ1) is 20.9. The zero-order valence-corrected chi connectivity index (χ0v) is 16.4. The number of esters is 1. The van der Waals surface area contributed by atoms with Crippen LogP contribution >= 0.6 is 0 Å². The first-order valence-electron chi connectivity index (χ1n) is 9.01. The number of Topliss-reactive ketones (excluding diaryl/α,β-unsaturated/α-hetero) is 1. The van der Waals surface area contributed by atoms with Crippen molar-refractivity contribution in [2.75, 3.05) is 19.0 Å². The second-order valence-electron chi connectivity index (χ2n) is 6.13. The standard InChI is InChI=1S/C22H25N3O3/c1-4-19(25-17-8-6-5-7-9-17)18(13-23)21(26)14-24-20-12-16(22(27)28-3)11-10-15(20)2/h5-13,24H,4,14,23H2,1-3H3.